The van der Waals surface area contributed by atoms with Crippen LogP contribution < -0.4 is 10.6 Å². The summed E-state index contributed by atoms with van der Waals surface area (Å²) in [5, 5.41) is 7.10. The first-order valence-corrected chi connectivity index (χ1v) is 6.55. The van der Waals surface area contributed by atoms with Crippen LogP contribution in [0.15, 0.2) is 18.2 Å². The van der Waals surface area contributed by atoms with E-state index in [1.54, 1.807) is 23.1 Å². The summed E-state index contributed by atoms with van der Waals surface area (Å²) in [6.07, 6.45) is 0. The van der Waals surface area contributed by atoms with Gasteiger partial charge in [-0.2, -0.15) is 0 Å². The fraction of sp³-hybridized carbons (Fsp3) is 0.417. The second-order valence-corrected chi connectivity index (χ2v) is 5.26. The molecule has 1 aliphatic heterocycles. The van der Waals surface area contributed by atoms with Crippen LogP contribution in [0.3, 0.4) is 0 Å². The van der Waals surface area contributed by atoms with Crippen LogP contribution in [-0.2, 0) is 0 Å². The van der Waals surface area contributed by atoms with Gasteiger partial charge in [0.25, 0.3) is 0 Å². The zero-order valence-electron chi connectivity index (χ0n) is 10.0. The number of amides is 2. The van der Waals surface area contributed by atoms with E-state index in [4.69, 9.17) is 23.2 Å². The molecule has 1 heterocycles. The Bertz CT molecular complexity index is 433. The summed E-state index contributed by atoms with van der Waals surface area (Å²) in [5.41, 5.74) is 0.615. The third-order valence-corrected chi connectivity index (χ3v) is 3.21. The molecule has 1 aromatic rings. The molecule has 0 radical (unpaired) electrons. The highest BCUT2D eigenvalue weighted by Gasteiger charge is 2.20. The molecule has 0 saturated carbocycles. The molecule has 1 saturated heterocycles. The van der Waals surface area contributed by atoms with Crippen LogP contribution in [-0.4, -0.2) is 36.6 Å². The maximum Gasteiger partial charge on any atom is 0.321 e. The van der Waals surface area contributed by atoms with Gasteiger partial charge in [-0.1, -0.05) is 23.2 Å². The van der Waals surface area contributed by atoms with E-state index in [9.17, 15) is 4.79 Å². The van der Waals surface area contributed by atoms with Gasteiger partial charge < -0.3 is 15.5 Å². The molecule has 98 valence electrons. The van der Waals surface area contributed by atoms with Crippen molar-refractivity contribution in [1.82, 2.24) is 10.2 Å². The van der Waals surface area contributed by atoms with Gasteiger partial charge in [-0.15, -0.1) is 0 Å². The first kappa shape index (κ1) is 13.5. The highest BCUT2D eigenvalue weighted by atomic mass is 35.5. The van der Waals surface area contributed by atoms with Gasteiger partial charge >= 0.3 is 6.03 Å². The number of hydrogen-bond donors (Lipinski definition) is 2. The molecule has 1 aromatic carbocycles. The van der Waals surface area contributed by atoms with E-state index in [1.807, 2.05) is 0 Å². The molecule has 2 amide bonds. The molecule has 18 heavy (non-hydrogen) atoms. The Labute approximate surface area is 116 Å². The normalized spacial score (nSPS) is 19.7. The zero-order chi connectivity index (χ0) is 13.1. The van der Waals surface area contributed by atoms with Gasteiger partial charge in [-0.3, -0.25) is 0 Å². The number of benzene rings is 1. The zero-order valence-corrected chi connectivity index (χ0v) is 11.6. The molecule has 0 spiro atoms. The topological polar surface area (TPSA) is 44.4 Å². The second kappa shape index (κ2) is 5.78. The number of nitrogens with zero attached hydrogens (tertiary/aromatic N) is 1. The molecule has 0 aromatic heterocycles. The predicted octanol–water partition coefficient (Wildman–Crippen LogP) is 2.82. The molecule has 0 unspecified atom stereocenters. The van der Waals surface area contributed by atoms with Crippen molar-refractivity contribution in [3.05, 3.63) is 28.2 Å². The quantitative estimate of drug-likeness (QED) is 0.834. The van der Waals surface area contributed by atoms with Gasteiger partial charge in [-0.25, -0.2) is 4.79 Å². The van der Waals surface area contributed by atoms with Crippen molar-refractivity contribution in [2.24, 2.45) is 0 Å². The maximum atomic E-state index is 12.0. The summed E-state index contributed by atoms with van der Waals surface area (Å²) in [6.45, 7) is 4.26. The summed E-state index contributed by atoms with van der Waals surface area (Å²) in [7, 11) is 0. The Kier molecular flexibility index (Phi) is 4.32. The Morgan fingerprint density at radius 2 is 2.06 bits per heavy atom. The SMILES string of the molecule is C[C@@H]1CN(C(=O)Nc2cc(Cl)cc(Cl)c2)CCN1. The van der Waals surface area contributed by atoms with Crippen LogP contribution in [0.5, 0.6) is 0 Å². The minimum absolute atomic E-state index is 0.123. The average molecular weight is 288 g/mol. The summed E-state index contributed by atoms with van der Waals surface area (Å²) < 4.78 is 0. The van der Waals surface area contributed by atoms with Gasteiger partial charge in [0.15, 0.2) is 0 Å². The monoisotopic (exact) mass is 287 g/mol. The molecule has 2 N–H and O–H groups in total. The smallest absolute Gasteiger partial charge is 0.321 e. The van der Waals surface area contributed by atoms with E-state index in [1.165, 1.54) is 0 Å². The van der Waals surface area contributed by atoms with Crippen molar-refractivity contribution in [3.63, 3.8) is 0 Å². The summed E-state index contributed by atoms with van der Waals surface area (Å²) in [4.78, 5) is 13.8. The van der Waals surface area contributed by atoms with E-state index in [2.05, 4.69) is 17.6 Å². The maximum absolute atomic E-state index is 12.0. The number of piperazine rings is 1. The molecule has 1 fully saturated rings. The van der Waals surface area contributed by atoms with E-state index in [-0.39, 0.29) is 6.03 Å². The second-order valence-electron chi connectivity index (χ2n) is 4.39. The van der Waals surface area contributed by atoms with Crippen molar-refractivity contribution >= 4 is 34.9 Å². The van der Waals surface area contributed by atoms with E-state index in [0.29, 0.717) is 34.9 Å². The number of nitrogens with one attached hydrogen (secondary N) is 2. The van der Waals surface area contributed by atoms with Crippen molar-refractivity contribution in [2.75, 3.05) is 25.0 Å². The Morgan fingerprint density at radius 1 is 1.39 bits per heavy atom. The first-order chi connectivity index (χ1) is 8.54. The number of anilines is 1. The minimum atomic E-state index is -0.123. The Balaban J connectivity index is 2.02. The molecule has 0 aliphatic carbocycles. The molecule has 4 nitrogen and oxygen atoms in total. The largest absolute Gasteiger partial charge is 0.322 e. The summed E-state index contributed by atoms with van der Waals surface area (Å²) >= 11 is 11.8. The van der Waals surface area contributed by atoms with Crippen LogP contribution in [0.25, 0.3) is 0 Å². The molecular weight excluding hydrogens is 273 g/mol. The van der Waals surface area contributed by atoms with Gasteiger partial charge in [0.1, 0.15) is 0 Å². The Morgan fingerprint density at radius 3 is 2.67 bits per heavy atom. The average Bonchev–Trinajstić information content (AvgIpc) is 2.27. The molecule has 1 aliphatic rings. The number of carbonyl (C=O) groups is 1. The lowest BCUT2D eigenvalue weighted by Gasteiger charge is -2.31. The number of halogens is 2. The molecule has 6 heteroatoms. The fourth-order valence-corrected chi connectivity index (χ4v) is 2.47. The number of rotatable bonds is 1. The van der Waals surface area contributed by atoms with Crippen molar-refractivity contribution in [2.45, 2.75) is 13.0 Å². The van der Waals surface area contributed by atoms with Crippen molar-refractivity contribution < 1.29 is 4.79 Å². The highest BCUT2D eigenvalue weighted by molar-refractivity contribution is 6.35. The molecule has 2 rings (SSSR count). The van der Waals surface area contributed by atoms with Gasteiger partial charge in [0.2, 0.25) is 0 Å². The first-order valence-electron chi connectivity index (χ1n) is 5.80. The number of hydrogen-bond acceptors (Lipinski definition) is 2. The third-order valence-electron chi connectivity index (χ3n) is 2.77. The standard InChI is InChI=1S/C12H15Cl2N3O/c1-8-7-17(3-2-15-8)12(18)16-11-5-9(13)4-10(14)6-11/h4-6,8,15H,2-3,7H2,1H3,(H,16,18)/t8-/m1/s1. The molecular formula is C12H15Cl2N3O. The fourth-order valence-electron chi connectivity index (χ4n) is 1.95. The van der Waals surface area contributed by atoms with Gasteiger partial charge in [0, 0.05) is 41.4 Å². The lowest BCUT2D eigenvalue weighted by molar-refractivity contribution is 0.192. The van der Waals surface area contributed by atoms with Crippen molar-refractivity contribution in [1.29, 1.82) is 0 Å². The predicted molar refractivity (Wildman–Crippen MR) is 74.5 cm³/mol. The van der Waals surface area contributed by atoms with Crippen LogP contribution in [0.2, 0.25) is 10.0 Å². The third kappa shape index (κ3) is 3.51. The summed E-state index contributed by atoms with van der Waals surface area (Å²) in [5.74, 6) is 0. The van der Waals surface area contributed by atoms with Gasteiger partial charge in [-0.05, 0) is 25.1 Å². The minimum Gasteiger partial charge on any atom is -0.322 e. The molecule has 0 bridgehead atoms. The molecule has 1 atom stereocenters. The lowest BCUT2D eigenvalue weighted by atomic mass is 10.2. The van der Waals surface area contributed by atoms with E-state index < -0.39 is 0 Å². The van der Waals surface area contributed by atoms with Gasteiger partial charge in [0.05, 0.1) is 0 Å². The highest BCUT2D eigenvalue weighted by Crippen LogP contribution is 2.22. The lowest BCUT2D eigenvalue weighted by Crippen LogP contribution is -2.52. The van der Waals surface area contributed by atoms with E-state index in [0.717, 1.165) is 6.54 Å². The van der Waals surface area contributed by atoms with E-state index >= 15 is 0 Å². The van der Waals surface area contributed by atoms with Crippen LogP contribution in [0.1, 0.15) is 6.92 Å². The number of carbonyl (C=O) groups excluding carboxylic acids is 1. The van der Waals surface area contributed by atoms with Crippen LogP contribution in [0.4, 0.5) is 10.5 Å². The van der Waals surface area contributed by atoms with Crippen molar-refractivity contribution in [3.8, 4) is 0 Å². The summed E-state index contributed by atoms with van der Waals surface area (Å²) in [6, 6.07) is 5.17. The number of urea groups is 1. The Hall–Kier alpha value is -0.970. The van der Waals surface area contributed by atoms with Crippen LogP contribution >= 0.6 is 23.2 Å². The van der Waals surface area contributed by atoms with Crippen LogP contribution in [0, 0.1) is 0 Å².